The molecule has 0 saturated carbocycles. The summed E-state index contributed by atoms with van der Waals surface area (Å²) in [4.78, 5) is -0.0393. The normalized spacial score (nSPS) is 12.4. The summed E-state index contributed by atoms with van der Waals surface area (Å²) in [7, 11) is 1.41. The van der Waals surface area contributed by atoms with Crippen LogP contribution in [0, 0.1) is 6.92 Å². The summed E-state index contributed by atoms with van der Waals surface area (Å²) in [6, 6.07) is 4.10. The molecular formula is C12H14ClF3O4S. The highest BCUT2D eigenvalue weighted by Gasteiger charge is 2.27. The van der Waals surface area contributed by atoms with Gasteiger partial charge in [-0.05, 0) is 30.7 Å². The average Bonchev–Trinajstić information content (AvgIpc) is 2.32. The van der Waals surface area contributed by atoms with Crippen LogP contribution in [0.1, 0.15) is 12.0 Å². The molecule has 0 radical (unpaired) electrons. The fraction of sp³-hybridized carbons (Fsp3) is 0.500. The van der Waals surface area contributed by atoms with Crippen molar-refractivity contribution in [3.05, 3.63) is 23.8 Å². The molecule has 1 aromatic rings. The zero-order valence-corrected chi connectivity index (χ0v) is 12.7. The van der Waals surface area contributed by atoms with Crippen molar-refractivity contribution < 1.29 is 31.1 Å². The Kier molecular flexibility index (Phi) is 6.30. The number of ether oxygens (including phenoxy) is 2. The number of halogens is 4. The summed E-state index contributed by atoms with van der Waals surface area (Å²) >= 11 is 0. The maximum absolute atomic E-state index is 11.8. The second-order valence-corrected chi connectivity index (χ2v) is 6.80. The molecule has 0 heterocycles. The van der Waals surface area contributed by atoms with Crippen LogP contribution in [-0.2, 0) is 13.8 Å². The minimum absolute atomic E-state index is 0.0393. The molecule has 0 aliphatic rings. The maximum atomic E-state index is 11.8. The Bertz CT molecular complexity index is 572. The van der Waals surface area contributed by atoms with Crippen LogP contribution in [-0.4, -0.2) is 34.4 Å². The minimum atomic E-state index is -4.33. The number of benzene rings is 1. The van der Waals surface area contributed by atoms with E-state index >= 15 is 0 Å². The molecule has 0 fully saturated rings. The summed E-state index contributed by atoms with van der Waals surface area (Å²) in [5.74, 6) is 0.440. The fourth-order valence-electron chi connectivity index (χ4n) is 1.47. The monoisotopic (exact) mass is 346 g/mol. The number of aryl methyl sites for hydroxylation is 1. The maximum Gasteiger partial charge on any atom is 0.411 e. The zero-order valence-electron chi connectivity index (χ0n) is 11.1. The van der Waals surface area contributed by atoms with Crippen LogP contribution in [0.15, 0.2) is 23.1 Å². The molecule has 0 aliphatic carbocycles. The molecule has 21 heavy (non-hydrogen) atoms. The molecule has 1 aromatic carbocycles. The highest BCUT2D eigenvalue weighted by Crippen LogP contribution is 2.24. The van der Waals surface area contributed by atoms with E-state index < -0.39 is 21.8 Å². The predicted octanol–water partition coefficient (Wildman–Crippen LogP) is 3.27. The molecule has 1 rings (SSSR count). The lowest BCUT2D eigenvalue weighted by molar-refractivity contribution is -0.174. The topological polar surface area (TPSA) is 52.6 Å². The molecule has 0 amide bonds. The van der Waals surface area contributed by atoms with Gasteiger partial charge in [0.15, 0.2) is 0 Å². The molecule has 4 nitrogen and oxygen atoms in total. The highest BCUT2D eigenvalue weighted by atomic mass is 35.7. The Morgan fingerprint density at radius 2 is 1.90 bits per heavy atom. The predicted molar refractivity (Wildman–Crippen MR) is 71.2 cm³/mol. The van der Waals surface area contributed by atoms with Gasteiger partial charge in [-0.15, -0.1) is 0 Å². The first-order valence-corrected chi connectivity index (χ1v) is 8.23. The molecular weight excluding hydrogens is 333 g/mol. The molecule has 120 valence electrons. The Hall–Kier alpha value is -0.990. The van der Waals surface area contributed by atoms with E-state index in [-0.39, 0.29) is 24.5 Å². The first kappa shape index (κ1) is 18.1. The number of rotatable bonds is 7. The average molecular weight is 347 g/mol. The molecule has 0 aliphatic heterocycles. The summed E-state index contributed by atoms with van der Waals surface area (Å²) in [5.41, 5.74) is 0.563. The van der Waals surface area contributed by atoms with Gasteiger partial charge in [-0.25, -0.2) is 8.42 Å². The van der Waals surface area contributed by atoms with Gasteiger partial charge in [0.05, 0.1) is 18.1 Å². The highest BCUT2D eigenvalue weighted by molar-refractivity contribution is 8.13. The van der Waals surface area contributed by atoms with Crippen molar-refractivity contribution in [3.8, 4) is 5.75 Å². The Labute approximate surface area is 125 Å². The van der Waals surface area contributed by atoms with Crippen LogP contribution >= 0.6 is 10.7 Å². The zero-order chi connectivity index (χ0) is 16.1. The molecule has 0 bridgehead atoms. The van der Waals surface area contributed by atoms with Crippen molar-refractivity contribution in [2.24, 2.45) is 0 Å². The van der Waals surface area contributed by atoms with Crippen LogP contribution in [0.2, 0.25) is 0 Å². The third-order valence-electron chi connectivity index (χ3n) is 2.38. The van der Waals surface area contributed by atoms with Crippen molar-refractivity contribution in [1.82, 2.24) is 0 Å². The van der Waals surface area contributed by atoms with E-state index in [1.165, 1.54) is 18.2 Å². The summed E-state index contributed by atoms with van der Waals surface area (Å²) < 4.78 is 67.4. The summed E-state index contributed by atoms with van der Waals surface area (Å²) in [6.07, 6.45) is -4.05. The van der Waals surface area contributed by atoms with Gasteiger partial charge >= 0.3 is 6.18 Å². The summed E-state index contributed by atoms with van der Waals surface area (Å²) in [6.45, 7) is 0.438. The molecule has 0 N–H and O–H groups in total. The van der Waals surface area contributed by atoms with Crippen molar-refractivity contribution >= 4 is 19.7 Å². The molecule has 0 saturated heterocycles. The largest absolute Gasteiger partial charge is 0.493 e. The van der Waals surface area contributed by atoms with Crippen LogP contribution in [0.25, 0.3) is 0 Å². The van der Waals surface area contributed by atoms with Crippen molar-refractivity contribution in [2.45, 2.75) is 24.4 Å². The lowest BCUT2D eigenvalue weighted by Gasteiger charge is -2.11. The van der Waals surface area contributed by atoms with Gasteiger partial charge in [-0.3, -0.25) is 0 Å². The first-order valence-electron chi connectivity index (χ1n) is 5.92. The van der Waals surface area contributed by atoms with E-state index in [1.807, 2.05) is 0 Å². The van der Waals surface area contributed by atoms with Gasteiger partial charge in [0.25, 0.3) is 9.05 Å². The van der Waals surface area contributed by atoms with E-state index in [0.29, 0.717) is 11.3 Å². The fourth-order valence-corrected chi connectivity index (χ4v) is 2.30. The van der Waals surface area contributed by atoms with Crippen LogP contribution in [0.5, 0.6) is 5.75 Å². The Morgan fingerprint density at radius 1 is 1.24 bits per heavy atom. The van der Waals surface area contributed by atoms with Crippen molar-refractivity contribution in [2.75, 3.05) is 19.8 Å². The van der Waals surface area contributed by atoms with E-state index in [4.69, 9.17) is 15.4 Å². The van der Waals surface area contributed by atoms with Gasteiger partial charge < -0.3 is 9.47 Å². The molecule has 9 heteroatoms. The van der Waals surface area contributed by atoms with E-state index in [0.717, 1.165) is 0 Å². The Morgan fingerprint density at radius 3 is 2.43 bits per heavy atom. The van der Waals surface area contributed by atoms with Gasteiger partial charge in [0.2, 0.25) is 0 Å². The van der Waals surface area contributed by atoms with Crippen molar-refractivity contribution in [3.63, 3.8) is 0 Å². The molecule has 0 aromatic heterocycles. The van der Waals surface area contributed by atoms with Crippen LogP contribution in [0.3, 0.4) is 0 Å². The lowest BCUT2D eigenvalue weighted by atomic mass is 10.2. The third-order valence-corrected chi connectivity index (χ3v) is 3.74. The van der Waals surface area contributed by atoms with E-state index in [9.17, 15) is 21.6 Å². The van der Waals surface area contributed by atoms with Gasteiger partial charge in [-0.1, -0.05) is 0 Å². The number of hydrogen-bond acceptors (Lipinski definition) is 4. The minimum Gasteiger partial charge on any atom is -0.493 e. The smallest absolute Gasteiger partial charge is 0.411 e. The van der Waals surface area contributed by atoms with Gasteiger partial charge in [0, 0.05) is 17.1 Å². The Balaban J connectivity index is 2.40. The van der Waals surface area contributed by atoms with E-state index in [2.05, 4.69) is 4.74 Å². The molecule has 0 atom stereocenters. The summed E-state index contributed by atoms with van der Waals surface area (Å²) in [5, 5.41) is 0. The van der Waals surface area contributed by atoms with Gasteiger partial charge in [-0.2, -0.15) is 13.2 Å². The molecule has 0 unspecified atom stereocenters. The van der Waals surface area contributed by atoms with Crippen LogP contribution in [0.4, 0.5) is 13.2 Å². The number of hydrogen-bond donors (Lipinski definition) is 0. The van der Waals surface area contributed by atoms with Crippen LogP contribution < -0.4 is 4.74 Å². The SMILES string of the molecule is Cc1cc(S(=O)(=O)Cl)ccc1OCCCOCC(F)(F)F. The standard InChI is InChI=1S/C12H14ClF3O4S/c1-9-7-10(21(13,17)18)3-4-11(9)20-6-2-5-19-8-12(14,15)16/h3-4,7H,2,5-6,8H2,1H3. The number of alkyl halides is 3. The first-order chi connectivity index (χ1) is 9.59. The quantitative estimate of drug-likeness (QED) is 0.561. The van der Waals surface area contributed by atoms with Gasteiger partial charge in [0.1, 0.15) is 12.4 Å². The van der Waals surface area contributed by atoms with E-state index in [1.54, 1.807) is 6.92 Å². The lowest BCUT2D eigenvalue weighted by Crippen LogP contribution is -2.18. The second kappa shape index (κ2) is 7.33. The second-order valence-electron chi connectivity index (χ2n) is 4.23. The molecule has 0 spiro atoms. The third kappa shape index (κ3) is 7.01. The van der Waals surface area contributed by atoms with Crippen molar-refractivity contribution in [1.29, 1.82) is 0 Å².